The fraction of sp³-hybridized carbons (Fsp3) is 0.429. The lowest BCUT2D eigenvalue weighted by Gasteiger charge is -2.40. The number of benzene rings is 2. The third kappa shape index (κ3) is 4.54. The molecule has 3 rings (SSSR count). The van der Waals surface area contributed by atoms with Crippen molar-refractivity contribution in [2.45, 2.75) is 26.0 Å². The minimum Gasteiger partial charge on any atom is -0.491 e. The van der Waals surface area contributed by atoms with Gasteiger partial charge in [0.1, 0.15) is 11.6 Å². The largest absolute Gasteiger partial charge is 0.491 e. The first-order chi connectivity index (χ1) is 12.6. The Morgan fingerprint density at radius 1 is 0.962 bits per heavy atom. The van der Waals surface area contributed by atoms with Crippen molar-refractivity contribution in [3.05, 3.63) is 59.9 Å². The number of halogens is 1. The highest BCUT2D eigenvalue weighted by Crippen LogP contribution is 2.25. The molecule has 2 aromatic rings. The molecule has 0 spiro atoms. The lowest BCUT2D eigenvalue weighted by molar-refractivity contribution is 0.190. The van der Waals surface area contributed by atoms with E-state index in [1.807, 2.05) is 38.1 Å². The van der Waals surface area contributed by atoms with Crippen LogP contribution in [-0.2, 0) is 0 Å². The SMILES string of the molecule is CC(C)Oc1ccc(C(CN)N2CCN(c3ccc(F)cc3)CC2)cc1. The van der Waals surface area contributed by atoms with Crippen LogP contribution in [0.2, 0.25) is 0 Å². The second kappa shape index (κ2) is 8.52. The van der Waals surface area contributed by atoms with Gasteiger partial charge in [-0.1, -0.05) is 12.1 Å². The molecule has 0 aliphatic carbocycles. The molecule has 1 atom stereocenters. The maximum absolute atomic E-state index is 13.1. The number of anilines is 1. The van der Waals surface area contributed by atoms with E-state index in [2.05, 4.69) is 21.9 Å². The normalized spacial score (nSPS) is 16.7. The minimum atomic E-state index is -0.194. The molecule has 4 nitrogen and oxygen atoms in total. The van der Waals surface area contributed by atoms with Gasteiger partial charge < -0.3 is 15.4 Å². The van der Waals surface area contributed by atoms with Gasteiger partial charge in [-0.2, -0.15) is 0 Å². The van der Waals surface area contributed by atoms with E-state index in [-0.39, 0.29) is 18.0 Å². The number of nitrogens with two attached hydrogens (primary N) is 1. The molecule has 2 aromatic carbocycles. The van der Waals surface area contributed by atoms with Crippen LogP contribution >= 0.6 is 0 Å². The number of piperazine rings is 1. The molecule has 0 radical (unpaired) electrons. The summed E-state index contributed by atoms with van der Waals surface area (Å²) in [6.45, 7) is 8.33. The third-order valence-corrected chi connectivity index (χ3v) is 4.81. The maximum Gasteiger partial charge on any atom is 0.123 e. The van der Waals surface area contributed by atoms with Crippen LogP contribution in [0.15, 0.2) is 48.5 Å². The standard InChI is InChI=1S/C21H28FN3O/c1-16(2)26-20-9-3-17(4-10-20)21(15-23)25-13-11-24(12-14-25)19-7-5-18(22)6-8-19/h3-10,16,21H,11-15,23H2,1-2H3. The zero-order valence-corrected chi connectivity index (χ0v) is 15.6. The average Bonchev–Trinajstić information content (AvgIpc) is 2.64. The van der Waals surface area contributed by atoms with Crippen LogP contribution in [0.25, 0.3) is 0 Å². The van der Waals surface area contributed by atoms with Crippen molar-refractivity contribution in [2.75, 3.05) is 37.6 Å². The summed E-state index contributed by atoms with van der Waals surface area (Å²) in [6.07, 6.45) is 0.172. The third-order valence-electron chi connectivity index (χ3n) is 4.81. The Hall–Kier alpha value is -2.11. The Balaban J connectivity index is 1.62. The Morgan fingerprint density at radius 2 is 1.58 bits per heavy atom. The average molecular weight is 357 g/mol. The first-order valence-corrected chi connectivity index (χ1v) is 9.28. The van der Waals surface area contributed by atoms with E-state index in [1.54, 1.807) is 0 Å². The quantitative estimate of drug-likeness (QED) is 0.860. The van der Waals surface area contributed by atoms with Crippen molar-refractivity contribution in [1.29, 1.82) is 0 Å². The topological polar surface area (TPSA) is 41.7 Å². The van der Waals surface area contributed by atoms with Crippen molar-refractivity contribution in [2.24, 2.45) is 5.73 Å². The second-order valence-electron chi connectivity index (χ2n) is 6.99. The summed E-state index contributed by atoms with van der Waals surface area (Å²) in [5.41, 5.74) is 8.38. The highest BCUT2D eigenvalue weighted by Gasteiger charge is 2.24. The molecule has 1 heterocycles. The van der Waals surface area contributed by atoms with Gasteiger partial charge in [0.25, 0.3) is 0 Å². The molecular weight excluding hydrogens is 329 g/mol. The van der Waals surface area contributed by atoms with E-state index in [1.165, 1.54) is 17.7 Å². The van der Waals surface area contributed by atoms with Gasteiger partial charge in [-0.15, -0.1) is 0 Å². The molecule has 1 aliphatic rings. The highest BCUT2D eigenvalue weighted by atomic mass is 19.1. The van der Waals surface area contributed by atoms with Gasteiger partial charge >= 0.3 is 0 Å². The van der Waals surface area contributed by atoms with E-state index in [0.717, 1.165) is 37.6 Å². The highest BCUT2D eigenvalue weighted by molar-refractivity contribution is 5.46. The number of nitrogens with zero attached hydrogens (tertiary/aromatic N) is 2. The molecule has 1 aliphatic heterocycles. The van der Waals surface area contributed by atoms with E-state index in [9.17, 15) is 4.39 Å². The van der Waals surface area contributed by atoms with Crippen LogP contribution in [-0.4, -0.2) is 43.7 Å². The smallest absolute Gasteiger partial charge is 0.123 e. The van der Waals surface area contributed by atoms with Crippen molar-refractivity contribution in [3.8, 4) is 5.75 Å². The second-order valence-corrected chi connectivity index (χ2v) is 6.99. The van der Waals surface area contributed by atoms with Crippen LogP contribution in [0.5, 0.6) is 5.75 Å². The van der Waals surface area contributed by atoms with E-state index in [4.69, 9.17) is 10.5 Å². The molecule has 1 unspecified atom stereocenters. The molecule has 0 amide bonds. The Labute approximate surface area is 155 Å². The van der Waals surface area contributed by atoms with Gasteiger partial charge in [0, 0.05) is 44.5 Å². The summed E-state index contributed by atoms with van der Waals surface area (Å²) < 4.78 is 18.8. The van der Waals surface area contributed by atoms with Crippen molar-refractivity contribution < 1.29 is 9.13 Å². The predicted molar refractivity (Wildman–Crippen MR) is 104 cm³/mol. The maximum atomic E-state index is 13.1. The fourth-order valence-corrected chi connectivity index (χ4v) is 3.48. The summed E-state index contributed by atoms with van der Waals surface area (Å²) in [4.78, 5) is 4.72. The van der Waals surface area contributed by atoms with Gasteiger partial charge in [-0.3, -0.25) is 4.90 Å². The minimum absolute atomic E-state index is 0.172. The van der Waals surface area contributed by atoms with E-state index in [0.29, 0.717) is 6.54 Å². The van der Waals surface area contributed by atoms with Crippen LogP contribution in [0, 0.1) is 5.82 Å². The molecule has 2 N–H and O–H groups in total. The number of ether oxygens (including phenoxy) is 1. The first kappa shape index (κ1) is 18.7. The molecule has 26 heavy (non-hydrogen) atoms. The van der Waals surface area contributed by atoms with Crippen LogP contribution in [0.1, 0.15) is 25.5 Å². The molecule has 0 aromatic heterocycles. The Morgan fingerprint density at radius 3 is 2.12 bits per heavy atom. The van der Waals surface area contributed by atoms with Gasteiger partial charge in [0.2, 0.25) is 0 Å². The van der Waals surface area contributed by atoms with Crippen molar-refractivity contribution >= 4 is 5.69 Å². The van der Waals surface area contributed by atoms with E-state index < -0.39 is 0 Å². The zero-order chi connectivity index (χ0) is 18.5. The number of hydrogen-bond donors (Lipinski definition) is 1. The summed E-state index contributed by atoms with van der Waals surface area (Å²) in [5, 5.41) is 0. The summed E-state index contributed by atoms with van der Waals surface area (Å²) in [6, 6.07) is 15.2. The molecule has 1 saturated heterocycles. The number of rotatable bonds is 6. The van der Waals surface area contributed by atoms with Crippen LogP contribution < -0.4 is 15.4 Å². The summed E-state index contributed by atoms with van der Waals surface area (Å²) in [5.74, 6) is 0.695. The lowest BCUT2D eigenvalue weighted by atomic mass is 10.0. The van der Waals surface area contributed by atoms with Crippen LogP contribution in [0.4, 0.5) is 10.1 Å². The van der Waals surface area contributed by atoms with Crippen molar-refractivity contribution in [3.63, 3.8) is 0 Å². The molecular formula is C21H28FN3O. The van der Waals surface area contributed by atoms with Crippen LogP contribution in [0.3, 0.4) is 0 Å². The Kier molecular flexibility index (Phi) is 6.12. The molecule has 0 saturated carbocycles. The number of hydrogen-bond acceptors (Lipinski definition) is 4. The van der Waals surface area contributed by atoms with Crippen molar-refractivity contribution in [1.82, 2.24) is 4.90 Å². The molecule has 1 fully saturated rings. The molecule has 5 heteroatoms. The van der Waals surface area contributed by atoms with Gasteiger partial charge in [-0.05, 0) is 55.8 Å². The summed E-state index contributed by atoms with van der Waals surface area (Å²) >= 11 is 0. The lowest BCUT2D eigenvalue weighted by Crippen LogP contribution is -2.49. The fourth-order valence-electron chi connectivity index (χ4n) is 3.48. The zero-order valence-electron chi connectivity index (χ0n) is 15.6. The van der Waals surface area contributed by atoms with Gasteiger partial charge in [0.15, 0.2) is 0 Å². The Bertz CT molecular complexity index is 679. The molecule has 0 bridgehead atoms. The molecule has 140 valence electrons. The van der Waals surface area contributed by atoms with E-state index >= 15 is 0 Å². The van der Waals surface area contributed by atoms with Gasteiger partial charge in [-0.25, -0.2) is 4.39 Å². The monoisotopic (exact) mass is 357 g/mol. The first-order valence-electron chi connectivity index (χ1n) is 9.28. The summed E-state index contributed by atoms with van der Waals surface area (Å²) in [7, 11) is 0. The van der Waals surface area contributed by atoms with Gasteiger partial charge in [0.05, 0.1) is 6.10 Å². The predicted octanol–water partition coefficient (Wildman–Crippen LogP) is 3.43.